The topological polar surface area (TPSA) is 182 Å². The minimum absolute atomic E-state index is 0.0901. The van der Waals surface area contributed by atoms with Gasteiger partial charge in [0.15, 0.2) is 0 Å². The third-order valence-corrected chi connectivity index (χ3v) is 12.4. The van der Waals surface area contributed by atoms with Gasteiger partial charge >= 0.3 is 0 Å². The van der Waals surface area contributed by atoms with Crippen LogP contribution in [0.5, 0.6) is 0 Å². The van der Waals surface area contributed by atoms with Crippen LogP contribution in [0.15, 0.2) is 56.2 Å². The van der Waals surface area contributed by atoms with Crippen LogP contribution in [0.25, 0.3) is 0 Å². The van der Waals surface area contributed by atoms with Gasteiger partial charge in [-0.3, -0.25) is 43.5 Å². The number of nitrogens with zero attached hydrogens (tertiary/aromatic N) is 6. The van der Waals surface area contributed by atoms with E-state index in [4.69, 9.17) is 0 Å². The first kappa shape index (κ1) is 48.3. The van der Waals surface area contributed by atoms with Gasteiger partial charge in [0.05, 0.1) is 0 Å². The van der Waals surface area contributed by atoms with E-state index in [0.29, 0.717) is 0 Å². The Morgan fingerprint density at radius 2 is 0.600 bits per heavy atom. The van der Waals surface area contributed by atoms with Gasteiger partial charge in [0.1, 0.15) is 0 Å². The minimum Gasteiger partial charge on any atom is -0.272 e. The number of hydroxylamine groups is 6. The van der Waals surface area contributed by atoms with Crippen LogP contribution in [-0.4, -0.2) is 117 Å². The number of carbonyl (C=O) groups excluding carboxylic acids is 6. The highest BCUT2D eigenvalue weighted by molar-refractivity contribution is 6.14. The maximum absolute atomic E-state index is 14.9. The Labute approximate surface area is 354 Å². The molecule has 0 aliphatic carbocycles. The predicted octanol–water partition coefficient (Wildman–Crippen LogP) is 6.25. The molecule has 0 bridgehead atoms. The number of amides is 6. The second-order valence-corrected chi connectivity index (χ2v) is 20.4. The molecule has 3 aliphatic heterocycles. The average Bonchev–Trinajstić information content (AvgIpc) is 3.13. The summed E-state index contributed by atoms with van der Waals surface area (Å²) in [5, 5.41) is 42.8. The van der Waals surface area contributed by atoms with Crippen LogP contribution in [0, 0.1) is 0 Å². The maximum atomic E-state index is 14.9. The second kappa shape index (κ2) is 16.5. The van der Waals surface area contributed by atoms with E-state index in [1.807, 2.05) is 0 Å². The van der Waals surface area contributed by atoms with Gasteiger partial charge in [0.2, 0.25) is 0 Å². The Hall–Kier alpha value is -4.38. The highest BCUT2D eigenvalue weighted by atomic mass is 16.5. The summed E-state index contributed by atoms with van der Waals surface area (Å²) < 4.78 is 0. The van der Waals surface area contributed by atoms with Crippen molar-refractivity contribution in [2.45, 2.75) is 173 Å². The smallest absolute Gasteiger partial charge is 0.261 e. The minimum atomic E-state index is -1.01. The van der Waals surface area contributed by atoms with Crippen LogP contribution in [-0.2, 0) is 30.0 Å². The lowest BCUT2D eigenvalue weighted by Gasteiger charge is -2.51. The molecule has 3 aliphatic rings. The molecule has 0 saturated carbocycles. The van der Waals surface area contributed by atoms with Crippen molar-refractivity contribution in [1.29, 1.82) is 0 Å². The van der Waals surface area contributed by atoms with Crippen LogP contribution in [0.3, 0.4) is 0 Å². The number of hydrogen-bond donors (Lipinski definition) is 0. The van der Waals surface area contributed by atoms with Gasteiger partial charge in [-0.05, 0) is 158 Å². The van der Waals surface area contributed by atoms with Crippen molar-refractivity contribution >= 4 is 35.4 Å². The molecule has 4 rings (SSSR count). The zero-order valence-corrected chi connectivity index (χ0v) is 37.4. The summed E-state index contributed by atoms with van der Waals surface area (Å²) in [4.78, 5) is 88.8. The fraction of sp³-hybridized carbons (Fsp3) is 0.600. The van der Waals surface area contributed by atoms with Crippen molar-refractivity contribution in [3.63, 3.8) is 0 Å². The van der Waals surface area contributed by atoms with E-state index in [-0.39, 0.29) is 55.2 Å². The molecule has 0 aromatic heterocycles. The molecular weight excluding hydrogens is 769 g/mol. The molecule has 60 heavy (non-hydrogen) atoms. The molecule has 0 unspecified atom stereocenters. The van der Waals surface area contributed by atoms with Crippen molar-refractivity contribution in [2.75, 3.05) is 0 Å². The molecule has 15 heteroatoms. The predicted molar refractivity (Wildman–Crippen MR) is 222 cm³/mol. The zero-order valence-electron chi connectivity index (χ0n) is 37.4. The summed E-state index contributed by atoms with van der Waals surface area (Å²) in [6.07, 6.45) is 3.44. The van der Waals surface area contributed by atoms with E-state index in [1.54, 1.807) is 83.1 Å². The Balaban J connectivity index is 1.98. The highest BCUT2D eigenvalue weighted by Gasteiger charge is 2.52. The lowest BCUT2D eigenvalue weighted by atomic mass is 9.78. The number of rotatable bonds is 9. The summed E-state index contributed by atoms with van der Waals surface area (Å²) >= 11 is 0. The summed E-state index contributed by atoms with van der Waals surface area (Å²) in [7, 11) is 0. The fourth-order valence-corrected chi connectivity index (χ4v) is 10.2. The summed E-state index contributed by atoms with van der Waals surface area (Å²) in [6.45, 7) is 31.4. The van der Waals surface area contributed by atoms with Crippen molar-refractivity contribution in [3.05, 3.63) is 72.9 Å². The Bertz CT molecular complexity index is 1680. The highest BCUT2D eigenvalue weighted by Crippen LogP contribution is 2.43. The van der Waals surface area contributed by atoms with Crippen molar-refractivity contribution in [3.8, 4) is 0 Å². The molecule has 3 saturated heterocycles. The molecule has 3 radical (unpaired) electrons. The van der Waals surface area contributed by atoms with E-state index in [2.05, 4.69) is 19.7 Å². The van der Waals surface area contributed by atoms with Gasteiger partial charge in [-0.2, -0.15) is 0 Å². The van der Waals surface area contributed by atoms with Crippen LogP contribution in [0.4, 0.5) is 0 Å². The molecule has 1 aromatic carbocycles. The van der Waals surface area contributed by atoms with E-state index < -0.39 is 86.8 Å². The monoisotopic (exact) mass is 831 g/mol. The van der Waals surface area contributed by atoms with Crippen molar-refractivity contribution in [1.82, 2.24) is 29.9 Å². The number of carbonyl (C=O) groups is 6. The first-order chi connectivity index (χ1) is 27.3. The molecule has 3 fully saturated rings. The Morgan fingerprint density at radius 3 is 0.750 bits per heavy atom. The number of hydrogen-bond acceptors (Lipinski definition) is 9. The number of benzene rings is 1. The van der Waals surface area contributed by atoms with E-state index in [1.165, 1.54) is 18.2 Å². The summed E-state index contributed by atoms with van der Waals surface area (Å²) in [5.74, 6) is -5.08. The van der Waals surface area contributed by atoms with Crippen molar-refractivity contribution < 1.29 is 44.4 Å². The van der Waals surface area contributed by atoms with Gasteiger partial charge in [-0.1, -0.05) is 19.7 Å². The third kappa shape index (κ3) is 9.12. The normalized spacial score (nSPS) is 22.9. The fourth-order valence-electron chi connectivity index (χ4n) is 10.2. The standard InChI is InChI=1S/C45H63N6O9/c1-16-34(52)46(31-22-40(4,5)49(58)41(6,7)23-31)37(55)28-19-29(38(56)47(35(53)17-2)32-24-42(8,9)50(59)43(10,11)25-32)21-30(20-28)39(57)48(36(54)18-3)33-26-44(12,13)51(60)45(14,15)27-33/h16-21,31-33H,1-3,22-27H2,4-15H3. The lowest BCUT2D eigenvalue weighted by molar-refractivity contribution is -0.292. The molecule has 327 valence electrons. The molecule has 15 nitrogen and oxygen atoms in total. The summed E-state index contributed by atoms with van der Waals surface area (Å²) in [6, 6.07) is 1.10. The van der Waals surface area contributed by atoms with Crippen LogP contribution in [0.1, 0.15) is 153 Å². The van der Waals surface area contributed by atoms with Crippen molar-refractivity contribution in [2.24, 2.45) is 0 Å². The van der Waals surface area contributed by atoms with E-state index in [0.717, 1.165) is 48.1 Å². The van der Waals surface area contributed by atoms with Crippen LogP contribution in [0.2, 0.25) is 0 Å². The van der Waals surface area contributed by atoms with Gasteiger partial charge in [-0.25, -0.2) is 0 Å². The maximum Gasteiger partial charge on any atom is 0.261 e. The number of piperidine rings is 3. The van der Waals surface area contributed by atoms with Crippen LogP contribution >= 0.6 is 0 Å². The van der Waals surface area contributed by atoms with E-state index >= 15 is 0 Å². The molecule has 3 heterocycles. The molecule has 1 aromatic rings. The lowest BCUT2D eigenvalue weighted by Crippen LogP contribution is -2.63. The first-order valence-electron chi connectivity index (χ1n) is 20.4. The third-order valence-electron chi connectivity index (χ3n) is 12.4. The molecule has 0 spiro atoms. The Morgan fingerprint density at radius 1 is 0.433 bits per heavy atom. The van der Waals surface area contributed by atoms with Gasteiger partial charge in [0, 0.05) is 68.0 Å². The summed E-state index contributed by atoms with van der Waals surface area (Å²) in [5.41, 5.74) is -6.92. The number of imide groups is 3. The SMILES string of the molecule is C=CC(=O)N(C(=O)c1cc(C(=O)N(C(=O)C=C)C2CC(C)(C)N([O])C(C)(C)C2)cc(C(=O)N(C(=O)C=C)C2CC(C)(C)N([O])C(C)(C)C2)c1)C1CC(C)(C)N([O])C(C)(C)C1. The molecule has 0 atom stereocenters. The largest absolute Gasteiger partial charge is 0.272 e. The van der Waals surface area contributed by atoms with E-state index in [9.17, 15) is 44.4 Å². The first-order valence-corrected chi connectivity index (χ1v) is 20.4. The Kier molecular flexibility index (Phi) is 13.3. The quantitative estimate of drug-likeness (QED) is 0.260. The van der Waals surface area contributed by atoms with Gasteiger partial charge in [-0.15, -0.1) is 30.8 Å². The van der Waals surface area contributed by atoms with Crippen LogP contribution < -0.4 is 0 Å². The molecule has 0 N–H and O–H groups in total. The second-order valence-electron chi connectivity index (χ2n) is 20.4. The zero-order chi connectivity index (χ0) is 45.9. The molecular formula is C45H63N6O9. The van der Waals surface area contributed by atoms with Gasteiger partial charge < -0.3 is 0 Å². The molecule has 6 amide bonds. The van der Waals surface area contributed by atoms with Gasteiger partial charge in [0.25, 0.3) is 35.4 Å². The average molecular weight is 832 g/mol.